The molecule has 0 rings (SSSR count). The Labute approximate surface area is 108 Å². The number of hydrogen-bond donors (Lipinski definition) is 0. The van der Waals surface area contributed by atoms with Crippen molar-refractivity contribution in [3.8, 4) is 0 Å². The van der Waals surface area contributed by atoms with Gasteiger partial charge in [0.05, 0.1) is 0 Å². The SMILES string of the molecule is O=[P+]([O-])[O-].O=[P+]([O-])[O-].O=[P+]([O-])[O-].[Ir+3].[Ir+3]. The van der Waals surface area contributed by atoms with E-state index in [4.69, 9.17) is 43.1 Å². The van der Waals surface area contributed by atoms with Gasteiger partial charge in [0.1, 0.15) is 0 Å². The predicted molar refractivity (Wildman–Crippen MR) is 22.8 cm³/mol. The topological polar surface area (TPSA) is 190 Å². The van der Waals surface area contributed by atoms with Crippen molar-refractivity contribution < 1.29 is 83.3 Å². The van der Waals surface area contributed by atoms with Crippen molar-refractivity contribution in [3.63, 3.8) is 0 Å². The zero-order chi connectivity index (χ0) is 10.7. The fraction of sp³-hybridized carbons (Fsp3) is 0. The standard InChI is InChI=1S/2Ir.3HO3P/c;;3*1-4(2)3/h;;3*(H,1,2,3)/q2*+3;;;/p-3. The third-order valence-electron chi connectivity index (χ3n) is 0. The normalized spacial score (nSPS) is 5.57. The zero-order valence-corrected chi connectivity index (χ0v) is 13.2. The third kappa shape index (κ3) is 1110. The Morgan fingerprint density at radius 2 is 0.500 bits per heavy atom. The van der Waals surface area contributed by atoms with Crippen LogP contribution < -0.4 is 29.4 Å². The molecular weight excluding hydrogens is 621 g/mol. The summed E-state index contributed by atoms with van der Waals surface area (Å²) in [7, 11) is -10.1. The van der Waals surface area contributed by atoms with Crippen LogP contribution in [0.3, 0.4) is 0 Å². The molecule has 0 bridgehead atoms. The van der Waals surface area contributed by atoms with Gasteiger partial charge in [0.15, 0.2) is 0 Å². The first-order valence-electron chi connectivity index (χ1n) is 1.64. The Kier molecular flexibility index (Phi) is 50.3. The summed E-state index contributed by atoms with van der Waals surface area (Å²) in [6, 6.07) is 0. The first-order valence-corrected chi connectivity index (χ1v) is 4.93. The van der Waals surface area contributed by atoms with Crippen LogP contribution in [0.15, 0.2) is 0 Å². The second-order valence-corrected chi connectivity index (χ2v) is 2.01. The second-order valence-electron chi connectivity index (χ2n) is 0.671. The summed E-state index contributed by atoms with van der Waals surface area (Å²) < 4.78 is 25.4. The van der Waals surface area contributed by atoms with E-state index in [1.165, 1.54) is 0 Å². The van der Waals surface area contributed by atoms with Gasteiger partial charge in [-0.05, 0) is 0 Å². The molecule has 0 spiro atoms. The van der Waals surface area contributed by atoms with Crippen LogP contribution >= 0.6 is 24.8 Å². The van der Waals surface area contributed by atoms with Crippen LogP contribution in [0.5, 0.6) is 0 Å². The molecule has 14 heavy (non-hydrogen) atoms. The predicted octanol–water partition coefficient (Wildman–Crippen LogP) is -4.91. The van der Waals surface area contributed by atoms with Gasteiger partial charge >= 0.3 is 40.2 Å². The maximum Gasteiger partial charge on any atom is 3.00 e. The van der Waals surface area contributed by atoms with Crippen molar-refractivity contribution in [3.05, 3.63) is 0 Å². The van der Waals surface area contributed by atoms with Crippen molar-refractivity contribution in [1.29, 1.82) is 0 Å². The van der Waals surface area contributed by atoms with Crippen LogP contribution in [0.25, 0.3) is 0 Å². The molecule has 0 saturated carbocycles. The molecule has 0 aliphatic rings. The van der Waals surface area contributed by atoms with Crippen LogP contribution in [0.2, 0.25) is 0 Å². The van der Waals surface area contributed by atoms with Crippen molar-refractivity contribution in [2.75, 3.05) is 0 Å². The van der Waals surface area contributed by atoms with Crippen molar-refractivity contribution in [1.82, 2.24) is 0 Å². The van der Waals surface area contributed by atoms with Crippen LogP contribution in [0, 0.1) is 0 Å². The van der Waals surface area contributed by atoms with Gasteiger partial charge in [-0.2, -0.15) is 0 Å². The van der Waals surface area contributed by atoms with Gasteiger partial charge in [-0.3, -0.25) is 0 Å². The van der Waals surface area contributed by atoms with Crippen LogP contribution in [-0.2, 0) is 53.9 Å². The molecule has 0 unspecified atom stereocenters. The maximum absolute atomic E-state index is 8.48. The van der Waals surface area contributed by atoms with E-state index in [0.717, 1.165) is 0 Å². The van der Waals surface area contributed by atoms with Crippen LogP contribution in [0.1, 0.15) is 0 Å². The maximum atomic E-state index is 8.48. The van der Waals surface area contributed by atoms with Gasteiger partial charge in [-0.1, -0.05) is 13.7 Å². The van der Waals surface area contributed by atoms with Crippen LogP contribution in [0.4, 0.5) is 0 Å². The molecule has 14 heteroatoms. The molecular formula is Ir2O9P3+3. The van der Waals surface area contributed by atoms with E-state index in [2.05, 4.69) is 0 Å². The minimum absolute atomic E-state index is 0. The minimum Gasteiger partial charge on any atom is -0.598 e. The molecule has 0 fully saturated rings. The van der Waals surface area contributed by atoms with Crippen molar-refractivity contribution in [2.24, 2.45) is 0 Å². The van der Waals surface area contributed by atoms with Crippen molar-refractivity contribution in [2.45, 2.75) is 0 Å². The van der Waals surface area contributed by atoms with Gasteiger partial charge in [-0.15, -0.1) is 0 Å². The van der Waals surface area contributed by atoms with Gasteiger partial charge in [0.2, 0.25) is 0 Å². The molecule has 0 saturated heterocycles. The first kappa shape index (κ1) is 29.5. The smallest absolute Gasteiger partial charge is 0.598 e. The number of rotatable bonds is 0. The molecule has 0 aromatic rings. The molecule has 84 valence electrons. The largest absolute Gasteiger partial charge is 3.00 e. The Bertz CT molecular complexity index is 116. The zero-order valence-electron chi connectivity index (χ0n) is 5.68. The quantitative estimate of drug-likeness (QED) is 0.239. The van der Waals surface area contributed by atoms with E-state index in [9.17, 15) is 0 Å². The van der Waals surface area contributed by atoms with Gasteiger partial charge in [0.25, 0.3) is 24.8 Å². The first-order chi connectivity index (χ1) is 5.20. The molecule has 9 nitrogen and oxygen atoms in total. The van der Waals surface area contributed by atoms with Gasteiger partial charge in [-0.25, -0.2) is 0 Å². The summed E-state index contributed by atoms with van der Waals surface area (Å²) in [5.41, 5.74) is 0. The molecule has 0 N–H and O–H groups in total. The van der Waals surface area contributed by atoms with Crippen molar-refractivity contribution >= 4 is 24.8 Å². The molecule has 0 radical (unpaired) electrons. The van der Waals surface area contributed by atoms with E-state index in [1.54, 1.807) is 0 Å². The molecule has 0 atom stereocenters. The summed E-state index contributed by atoms with van der Waals surface area (Å²) in [6.07, 6.45) is 0. The molecule has 0 aliphatic heterocycles. The average molecular weight is 621 g/mol. The number of hydrogen-bond acceptors (Lipinski definition) is 9. The Morgan fingerprint density at radius 3 is 0.500 bits per heavy atom. The van der Waals surface area contributed by atoms with E-state index < -0.39 is 24.8 Å². The summed E-state index contributed by atoms with van der Waals surface area (Å²) in [6.45, 7) is 0. The fourth-order valence-electron chi connectivity index (χ4n) is 0. The van der Waals surface area contributed by atoms with E-state index in [0.29, 0.717) is 0 Å². The van der Waals surface area contributed by atoms with Gasteiger partial charge in [0, 0.05) is 0 Å². The Morgan fingerprint density at radius 1 is 0.500 bits per heavy atom. The molecule has 0 aromatic carbocycles. The van der Waals surface area contributed by atoms with E-state index in [-0.39, 0.29) is 40.2 Å². The van der Waals surface area contributed by atoms with E-state index in [1.807, 2.05) is 0 Å². The Hall–Kier alpha value is 1.36. The molecule has 0 amide bonds. The fourth-order valence-corrected chi connectivity index (χ4v) is 0. The summed E-state index contributed by atoms with van der Waals surface area (Å²) in [4.78, 5) is 50.9. The van der Waals surface area contributed by atoms with Gasteiger partial charge < -0.3 is 29.4 Å². The Balaban J connectivity index is -0.0000000270. The molecule has 0 aliphatic carbocycles. The third-order valence-corrected chi connectivity index (χ3v) is 0. The molecule has 0 aromatic heterocycles. The summed E-state index contributed by atoms with van der Waals surface area (Å²) in [5.74, 6) is 0. The monoisotopic (exact) mass is 623 g/mol. The second kappa shape index (κ2) is 23.9. The summed E-state index contributed by atoms with van der Waals surface area (Å²) in [5, 5.41) is 0. The molecule has 0 heterocycles. The minimum atomic E-state index is -3.37. The van der Waals surface area contributed by atoms with E-state index >= 15 is 0 Å². The summed E-state index contributed by atoms with van der Waals surface area (Å²) >= 11 is 0. The van der Waals surface area contributed by atoms with Crippen LogP contribution in [-0.4, -0.2) is 0 Å². The average Bonchev–Trinajstić information content (AvgIpc) is 1.54.